The number of amides is 4. The Hall–Kier alpha value is -4.66. The van der Waals surface area contributed by atoms with Gasteiger partial charge in [0.1, 0.15) is 11.8 Å². The van der Waals surface area contributed by atoms with Gasteiger partial charge in [-0.25, -0.2) is 14.5 Å². The monoisotopic (exact) mass is 501 g/mol. The molecule has 0 aliphatic carbocycles. The van der Waals surface area contributed by atoms with Crippen LogP contribution in [-0.2, 0) is 20.9 Å². The zero-order valence-corrected chi connectivity index (χ0v) is 20.8. The highest BCUT2D eigenvalue weighted by Crippen LogP contribution is 2.29. The zero-order valence-electron chi connectivity index (χ0n) is 20.8. The molecule has 0 radical (unpaired) electrons. The van der Waals surface area contributed by atoms with Crippen LogP contribution in [0.15, 0.2) is 72.8 Å². The molecule has 1 aliphatic rings. The largest absolute Gasteiger partial charge is 0.497 e. The van der Waals surface area contributed by atoms with Gasteiger partial charge in [-0.05, 0) is 66.6 Å². The summed E-state index contributed by atoms with van der Waals surface area (Å²) in [7, 11) is 2.85. The van der Waals surface area contributed by atoms with Crippen LogP contribution in [0.1, 0.15) is 27.9 Å². The molecule has 190 valence electrons. The molecular formula is C28H27N3O6. The molecule has 0 saturated carbocycles. The summed E-state index contributed by atoms with van der Waals surface area (Å²) in [5, 5.41) is 2.74. The number of nitrogens with zero attached hydrogens (tertiary/aromatic N) is 2. The van der Waals surface area contributed by atoms with Gasteiger partial charge in [0, 0.05) is 12.2 Å². The van der Waals surface area contributed by atoms with Gasteiger partial charge >= 0.3 is 12.0 Å². The fraction of sp³-hybridized carbons (Fsp3) is 0.214. The van der Waals surface area contributed by atoms with Crippen LogP contribution in [0.5, 0.6) is 5.75 Å². The van der Waals surface area contributed by atoms with Crippen LogP contribution in [0.3, 0.4) is 0 Å². The summed E-state index contributed by atoms with van der Waals surface area (Å²) < 4.78 is 9.88. The normalized spacial score (nSPS) is 15.1. The topological polar surface area (TPSA) is 105 Å². The Morgan fingerprint density at radius 3 is 2.27 bits per heavy atom. The third kappa shape index (κ3) is 5.61. The van der Waals surface area contributed by atoms with Gasteiger partial charge in [0.15, 0.2) is 0 Å². The van der Waals surface area contributed by atoms with Crippen molar-refractivity contribution in [3.8, 4) is 5.75 Å². The van der Waals surface area contributed by atoms with E-state index < -0.39 is 29.9 Å². The van der Waals surface area contributed by atoms with E-state index in [9.17, 15) is 19.2 Å². The van der Waals surface area contributed by atoms with E-state index in [1.165, 1.54) is 24.1 Å². The van der Waals surface area contributed by atoms with Gasteiger partial charge < -0.3 is 19.7 Å². The Balaban J connectivity index is 1.56. The van der Waals surface area contributed by atoms with Crippen LogP contribution in [0.2, 0.25) is 0 Å². The third-order valence-electron chi connectivity index (χ3n) is 6.06. The average Bonchev–Trinajstić information content (AvgIpc) is 3.12. The predicted molar refractivity (Wildman–Crippen MR) is 137 cm³/mol. The summed E-state index contributed by atoms with van der Waals surface area (Å²) >= 11 is 0. The number of benzene rings is 3. The number of hydrogen-bond acceptors (Lipinski definition) is 6. The number of methoxy groups -OCH3 is 2. The Morgan fingerprint density at radius 2 is 1.65 bits per heavy atom. The molecule has 1 saturated heterocycles. The summed E-state index contributed by atoms with van der Waals surface area (Å²) in [6, 6.07) is 19.0. The van der Waals surface area contributed by atoms with E-state index in [0.29, 0.717) is 22.7 Å². The van der Waals surface area contributed by atoms with Crippen molar-refractivity contribution in [3.63, 3.8) is 0 Å². The van der Waals surface area contributed by atoms with Crippen LogP contribution in [-0.4, -0.2) is 49.0 Å². The Morgan fingerprint density at radius 1 is 0.946 bits per heavy atom. The maximum Gasteiger partial charge on any atom is 0.337 e. The van der Waals surface area contributed by atoms with E-state index in [-0.39, 0.29) is 13.0 Å². The number of carbonyl (C=O) groups excluding carboxylic acids is 4. The van der Waals surface area contributed by atoms with Crippen LogP contribution >= 0.6 is 0 Å². The number of rotatable bonds is 8. The fourth-order valence-electron chi connectivity index (χ4n) is 4.14. The van der Waals surface area contributed by atoms with Crippen molar-refractivity contribution in [1.82, 2.24) is 4.90 Å². The van der Waals surface area contributed by atoms with Gasteiger partial charge in [0.25, 0.3) is 5.91 Å². The molecule has 1 atom stereocenters. The van der Waals surface area contributed by atoms with E-state index >= 15 is 0 Å². The molecular weight excluding hydrogens is 474 g/mol. The number of carbonyl (C=O) groups is 4. The van der Waals surface area contributed by atoms with Gasteiger partial charge in [-0.2, -0.15) is 0 Å². The van der Waals surface area contributed by atoms with Gasteiger partial charge in [-0.1, -0.05) is 24.3 Å². The molecule has 1 unspecified atom stereocenters. The zero-order chi connectivity index (χ0) is 26.5. The second-order valence-electron chi connectivity index (χ2n) is 8.61. The molecule has 3 aromatic carbocycles. The molecule has 1 N–H and O–H groups in total. The number of ether oxygens (including phenoxy) is 2. The van der Waals surface area contributed by atoms with Crippen molar-refractivity contribution in [3.05, 3.63) is 89.5 Å². The van der Waals surface area contributed by atoms with Crippen molar-refractivity contribution in [1.29, 1.82) is 0 Å². The number of anilines is 2. The molecule has 9 nitrogen and oxygen atoms in total. The minimum Gasteiger partial charge on any atom is -0.497 e. The molecule has 9 heteroatoms. The number of nitrogens with one attached hydrogen (secondary N) is 1. The maximum atomic E-state index is 13.5. The lowest BCUT2D eigenvalue weighted by Crippen LogP contribution is -2.37. The number of imide groups is 1. The first-order chi connectivity index (χ1) is 17.8. The van der Waals surface area contributed by atoms with Gasteiger partial charge in [-0.15, -0.1) is 0 Å². The minimum atomic E-state index is -0.996. The fourth-order valence-corrected chi connectivity index (χ4v) is 4.14. The lowest BCUT2D eigenvalue weighted by atomic mass is 10.1. The van der Waals surface area contributed by atoms with Crippen LogP contribution in [0.4, 0.5) is 16.2 Å². The standard InChI is InChI=1S/C28H27N3O6/c1-18-5-4-6-22(15-18)31-26(33)24(30(28(31)35)17-19-7-13-23(36-2)14-8-19)16-25(32)29-21-11-9-20(10-12-21)27(34)37-3/h4-15,24H,16-17H2,1-3H3,(H,29,32). The number of hydrogen-bond donors (Lipinski definition) is 1. The summed E-state index contributed by atoms with van der Waals surface area (Å²) in [6.45, 7) is 2.02. The average molecular weight is 502 g/mol. The first kappa shape index (κ1) is 25.4. The molecule has 37 heavy (non-hydrogen) atoms. The Labute approximate surface area is 214 Å². The highest BCUT2D eigenvalue weighted by Gasteiger charge is 2.46. The number of esters is 1. The first-order valence-electron chi connectivity index (χ1n) is 11.6. The molecule has 0 aromatic heterocycles. The molecule has 4 rings (SSSR count). The van der Waals surface area contributed by atoms with Crippen molar-refractivity contribution >= 4 is 35.2 Å². The van der Waals surface area contributed by atoms with Crippen molar-refractivity contribution < 1.29 is 28.7 Å². The van der Waals surface area contributed by atoms with E-state index in [1.807, 2.05) is 25.1 Å². The maximum absolute atomic E-state index is 13.5. The predicted octanol–water partition coefficient (Wildman–Crippen LogP) is 4.16. The smallest absolute Gasteiger partial charge is 0.337 e. The second-order valence-corrected chi connectivity index (χ2v) is 8.61. The third-order valence-corrected chi connectivity index (χ3v) is 6.06. The Bertz CT molecular complexity index is 1320. The quantitative estimate of drug-likeness (QED) is 0.367. The summed E-state index contributed by atoms with van der Waals surface area (Å²) in [6.07, 6.45) is -0.234. The lowest BCUT2D eigenvalue weighted by Gasteiger charge is -2.22. The highest BCUT2D eigenvalue weighted by atomic mass is 16.5. The van der Waals surface area contributed by atoms with Crippen molar-refractivity contribution in [2.24, 2.45) is 0 Å². The Kier molecular flexibility index (Phi) is 7.52. The number of aryl methyl sites for hydroxylation is 1. The summed E-state index contributed by atoms with van der Waals surface area (Å²) in [5.74, 6) is -0.732. The highest BCUT2D eigenvalue weighted by molar-refractivity contribution is 6.22. The second kappa shape index (κ2) is 10.9. The van der Waals surface area contributed by atoms with E-state index in [1.54, 1.807) is 49.6 Å². The minimum absolute atomic E-state index is 0.142. The van der Waals surface area contributed by atoms with Crippen LogP contribution in [0, 0.1) is 6.92 Å². The van der Waals surface area contributed by atoms with Crippen molar-refractivity contribution in [2.75, 3.05) is 24.4 Å². The number of urea groups is 1. The summed E-state index contributed by atoms with van der Waals surface area (Å²) in [4.78, 5) is 54.1. The van der Waals surface area contributed by atoms with Crippen LogP contribution in [0.25, 0.3) is 0 Å². The molecule has 1 heterocycles. The van der Waals surface area contributed by atoms with Gasteiger partial charge in [0.05, 0.1) is 31.9 Å². The molecule has 1 aliphatic heterocycles. The SMILES string of the molecule is COC(=O)c1ccc(NC(=O)CC2C(=O)N(c3cccc(C)c3)C(=O)N2Cc2ccc(OC)cc2)cc1. The lowest BCUT2D eigenvalue weighted by molar-refractivity contribution is -0.124. The first-order valence-corrected chi connectivity index (χ1v) is 11.6. The molecule has 1 fully saturated rings. The van der Waals surface area contributed by atoms with E-state index in [2.05, 4.69) is 10.1 Å². The molecule has 4 amide bonds. The molecule has 0 bridgehead atoms. The molecule has 0 spiro atoms. The van der Waals surface area contributed by atoms with Crippen LogP contribution < -0.4 is 15.0 Å². The van der Waals surface area contributed by atoms with Gasteiger partial charge in [-0.3, -0.25) is 9.59 Å². The van der Waals surface area contributed by atoms with E-state index in [0.717, 1.165) is 16.0 Å². The van der Waals surface area contributed by atoms with Gasteiger partial charge in [0.2, 0.25) is 5.91 Å². The summed E-state index contributed by atoms with van der Waals surface area (Å²) in [5.41, 5.74) is 2.94. The molecule has 3 aromatic rings. The van der Waals surface area contributed by atoms with Crippen molar-refractivity contribution in [2.45, 2.75) is 25.9 Å². The van der Waals surface area contributed by atoms with E-state index in [4.69, 9.17) is 4.74 Å².